The van der Waals surface area contributed by atoms with Crippen LogP contribution in [-0.2, 0) is 6.18 Å². The average molecular weight is 383 g/mol. The molecule has 0 aliphatic rings. The number of thiazole rings is 1. The minimum Gasteiger partial charge on any atom is -0.298 e. The van der Waals surface area contributed by atoms with E-state index in [0.29, 0.717) is 10.6 Å². The summed E-state index contributed by atoms with van der Waals surface area (Å²) < 4.78 is 39.8. The molecule has 0 unspecified atom stereocenters. The molecule has 0 atom stereocenters. The van der Waals surface area contributed by atoms with Crippen LogP contribution in [0.1, 0.15) is 16.1 Å². The summed E-state index contributed by atoms with van der Waals surface area (Å²) in [4.78, 5) is 15.7. The number of hydrogen-bond donors (Lipinski definition) is 1. The molecule has 128 valence electrons. The van der Waals surface area contributed by atoms with Crippen LogP contribution in [0.15, 0.2) is 54.6 Å². The Balaban J connectivity index is 1.94. The van der Waals surface area contributed by atoms with Gasteiger partial charge in [0.1, 0.15) is 0 Å². The van der Waals surface area contributed by atoms with Crippen LogP contribution in [0.2, 0.25) is 5.02 Å². The summed E-state index contributed by atoms with van der Waals surface area (Å²) in [7, 11) is 0. The molecule has 8 heteroatoms. The smallest absolute Gasteiger partial charge is 0.298 e. The van der Waals surface area contributed by atoms with Crippen molar-refractivity contribution in [2.45, 2.75) is 6.18 Å². The Kier molecular flexibility index (Phi) is 4.78. The fourth-order valence-electron chi connectivity index (χ4n) is 2.12. The topological polar surface area (TPSA) is 42.0 Å². The first-order valence-corrected chi connectivity index (χ1v) is 8.24. The van der Waals surface area contributed by atoms with Crippen molar-refractivity contribution in [3.63, 3.8) is 0 Å². The molecule has 3 aromatic rings. The highest BCUT2D eigenvalue weighted by Gasteiger charge is 2.38. The quantitative estimate of drug-likeness (QED) is 0.628. The fraction of sp³-hybridized carbons (Fsp3) is 0.0588. The molecule has 1 aromatic heterocycles. The van der Waals surface area contributed by atoms with Gasteiger partial charge in [0, 0.05) is 10.6 Å². The zero-order valence-corrected chi connectivity index (χ0v) is 14.0. The zero-order valence-electron chi connectivity index (χ0n) is 12.5. The summed E-state index contributed by atoms with van der Waals surface area (Å²) >= 11 is 6.53. The van der Waals surface area contributed by atoms with Crippen LogP contribution in [0.4, 0.5) is 18.3 Å². The molecule has 0 spiro atoms. The zero-order chi connectivity index (χ0) is 18.0. The second-order valence-electron chi connectivity index (χ2n) is 5.02. The van der Waals surface area contributed by atoms with Gasteiger partial charge in [-0.15, -0.1) is 0 Å². The van der Waals surface area contributed by atoms with Gasteiger partial charge in [0.25, 0.3) is 5.91 Å². The van der Waals surface area contributed by atoms with Crippen LogP contribution in [0.25, 0.3) is 10.4 Å². The third kappa shape index (κ3) is 4.00. The fourth-order valence-corrected chi connectivity index (χ4v) is 3.23. The number of rotatable bonds is 3. The maximum absolute atomic E-state index is 13.3. The van der Waals surface area contributed by atoms with E-state index in [9.17, 15) is 18.0 Å². The van der Waals surface area contributed by atoms with E-state index in [1.807, 2.05) is 0 Å². The van der Waals surface area contributed by atoms with E-state index in [1.165, 1.54) is 24.3 Å². The van der Waals surface area contributed by atoms with Gasteiger partial charge in [-0.1, -0.05) is 53.3 Å². The van der Waals surface area contributed by atoms with Crippen LogP contribution in [0.3, 0.4) is 0 Å². The minimum absolute atomic E-state index is 0.0421. The predicted molar refractivity (Wildman–Crippen MR) is 92.0 cm³/mol. The average Bonchev–Trinajstić information content (AvgIpc) is 3.00. The summed E-state index contributed by atoms with van der Waals surface area (Å²) in [5.41, 5.74) is -0.358. The highest BCUT2D eigenvalue weighted by atomic mass is 35.5. The Morgan fingerprint density at radius 2 is 1.68 bits per heavy atom. The lowest BCUT2D eigenvalue weighted by Gasteiger charge is -2.05. The molecule has 0 saturated carbocycles. The molecular weight excluding hydrogens is 373 g/mol. The number of amides is 1. The van der Waals surface area contributed by atoms with E-state index in [-0.39, 0.29) is 15.6 Å². The summed E-state index contributed by atoms with van der Waals surface area (Å²) in [6, 6.07) is 14.1. The first-order chi connectivity index (χ1) is 11.8. The van der Waals surface area contributed by atoms with Crippen molar-refractivity contribution in [2.75, 3.05) is 5.32 Å². The molecule has 3 nitrogen and oxygen atoms in total. The van der Waals surface area contributed by atoms with Crippen LogP contribution in [-0.4, -0.2) is 10.9 Å². The molecule has 0 aliphatic carbocycles. The molecule has 1 amide bonds. The molecular formula is C17H10ClF3N2OS. The Hall–Kier alpha value is -2.38. The predicted octanol–water partition coefficient (Wildman–Crippen LogP) is 5.73. The second-order valence-corrected chi connectivity index (χ2v) is 6.46. The van der Waals surface area contributed by atoms with Crippen molar-refractivity contribution in [2.24, 2.45) is 0 Å². The molecule has 0 saturated heterocycles. The van der Waals surface area contributed by atoms with Gasteiger partial charge in [-0.3, -0.25) is 10.1 Å². The monoisotopic (exact) mass is 382 g/mol. The Morgan fingerprint density at radius 1 is 1.04 bits per heavy atom. The standard InChI is InChI=1S/C17H10ClF3N2OS/c18-12-8-6-11(7-9-12)15(24)23-16-22-14(17(19,20)21)13(25-16)10-4-2-1-3-5-10/h1-9H,(H,22,23,24). The molecule has 0 radical (unpaired) electrons. The molecule has 25 heavy (non-hydrogen) atoms. The largest absolute Gasteiger partial charge is 0.434 e. The number of alkyl halides is 3. The van der Waals surface area contributed by atoms with Gasteiger partial charge in [0.15, 0.2) is 10.8 Å². The number of anilines is 1. The van der Waals surface area contributed by atoms with Gasteiger partial charge in [-0.25, -0.2) is 4.98 Å². The summed E-state index contributed by atoms with van der Waals surface area (Å²) in [5, 5.41) is 2.74. The maximum atomic E-state index is 13.3. The number of carbonyl (C=O) groups excluding carboxylic acids is 1. The normalized spacial score (nSPS) is 11.4. The van der Waals surface area contributed by atoms with Crippen molar-refractivity contribution in [3.05, 3.63) is 70.9 Å². The van der Waals surface area contributed by atoms with E-state index < -0.39 is 17.8 Å². The minimum atomic E-state index is -4.62. The van der Waals surface area contributed by atoms with Gasteiger partial charge in [-0.2, -0.15) is 13.2 Å². The van der Waals surface area contributed by atoms with Crippen molar-refractivity contribution in [1.82, 2.24) is 4.98 Å². The maximum Gasteiger partial charge on any atom is 0.434 e. The first kappa shape index (κ1) is 17.4. The summed E-state index contributed by atoms with van der Waals surface area (Å²) in [5.74, 6) is -0.557. The highest BCUT2D eigenvalue weighted by Crippen LogP contribution is 2.41. The molecule has 0 fully saturated rings. The molecule has 0 aliphatic heterocycles. The Bertz CT molecular complexity index is 893. The number of nitrogens with zero attached hydrogens (tertiary/aromatic N) is 1. The lowest BCUT2D eigenvalue weighted by molar-refractivity contribution is -0.140. The van der Waals surface area contributed by atoms with Gasteiger partial charge in [-0.05, 0) is 29.8 Å². The molecule has 2 aromatic carbocycles. The SMILES string of the molecule is O=C(Nc1nc(C(F)(F)F)c(-c2ccccc2)s1)c1ccc(Cl)cc1. The van der Waals surface area contributed by atoms with E-state index in [4.69, 9.17) is 11.6 Å². The number of halogens is 4. The lowest BCUT2D eigenvalue weighted by Crippen LogP contribution is -2.12. The van der Waals surface area contributed by atoms with E-state index in [1.54, 1.807) is 30.3 Å². The molecule has 1 heterocycles. The third-order valence-corrected chi connectivity index (χ3v) is 4.53. The van der Waals surface area contributed by atoms with Crippen LogP contribution in [0, 0.1) is 0 Å². The summed E-state index contributed by atoms with van der Waals surface area (Å²) in [6.45, 7) is 0. The van der Waals surface area contributed by atoms with Crippen LogP contribution in [0.5, 0.6) is 0 Å². The molecule has 1 N–H and O–H groups in total. The van der Waals surface area contributed by atoms with Gasteiger partial charge >= 0.3 is 6.18 Å². The molecule has 3 rings (SSSR count). The van der Waals surface area contributed by atoms with E-state index in [0.717, 1.165) is 11.3 Å². The number of hydrogen-bond acceptors (Lipinski definition) is 3. The van der Waals surface area contributed by atoms with Gasteiger partial charge in [0.05, 0.1) is 4.88 Å². The van der Waals surface area contributed by atoms with Crippen LogP contribution >= 0.6 is 22.9 Å². The number of benzene rings is 2. The Labute approximate surface area is 150 Å². The molecule has 0 bridgehead atoms. The second kappa shape index (κ2) is 6.85. The summed E-state index contributed by atoms with van der Waals surface area (Å²) in [6.07, 6.45) is -4.62. The van der Waals surface area contributed by atoms with E-state index in [2.05, 4.69) is 10.3 Å². The number of aromatic nitrogens is 1. The third-order valence-electron chi connectivity index (χ3n) is 3.26. The van der Waals surface area contributed by atoms with Crippen molar-refractivity contribution >= 4 is 34.0 Å². The van der Waals surface area contributed by atoms with Crippen molar-refractivity contribution in [3.8, 4) is 10.4 Å². The van der Waals surface area contributed by atoms with Crippen molar-refractivity contribution in [1.29, 1.82) is 0 Å². The highest BCUT2D eigenvalue weighted by molar-refractivity contribution is 7.19. The van der Waals surface area contributed by atoms with Crippen molar-refractivity contribution < 1.29 is 18.0 Å². The van der Waals surface area contributed by atoms with Gasteiger partial charge in [0.2, 0.25) is 0 Å². The number of nitrogens with one attached hydrogen (secondary N) is 1. The Morgan fingerprint density at radius 3 is 2.28 bits per heavy atom. The number of carbonyl (C=O) groups is 1. The first-order valence-electron chi connectivity index (χ1n) is 7.05. The van der Waals surface area contributed by atoms with Crippen LogP contribution < -0.4 is 5.32 Å². The lowest BCUT2D eigenvalue weighted by atomic mass is 10.1. The van der Waals surface area contributed by atoms with E-state index >= 15 is 0 Å². The van der Waals surface area contributed by atoms with Gasteiger partial charge < -0.3 is 0 Å².